The number of rotatable bonds is 35. The second-order valence-electron chi connectivity index (χ2n) is 9.97. The summed E-state index contributed by atoms with van der Waals surface area (Å²) in [5.74, 6) is -0.981. The minimum Gasteiger partial charge on any atom is -0.478 e. The number of unbranched alkanes of at least 4 members (excludes halogenated alkanes) is 12. The van der Waals surface area contributed by atoms with Gasteiger partial charge >= 0.3 is 5.97 Å². The molecule has 11 nitrogen and oxygen atoms in total. The van der Waals surface area contributed by atoms with E-state index in [-0.39, 0.29) is 13.2 Å². The van der Waals surface area contributed by atoms with E-state index >= 15 is 0 Å². The lowest BCUT2D eigenvalue weighted by molar-refractivity contribution is -0.141. The number of carboxylic acid groups (broad SMARTS) is 1. The highest BCUT2D eigenvalue weighted by atomic mass is 16.6. The lowest BCUT2D eigenvalue weighted by Gasteiger charge is -2.12. The van der Waals surface area contributed by atoms with E-state index in [1.807, 2.05) is 0 Å². The monoisotopic (exact) mass is 624 g/mol. The summed E-state index contributed by atoms with van der Waals surface area (Å²) < 4.78 is 37.5. The van der Waals surface area contributed by atoms with Crippen molar-refractivity contribution in [3.63, 3.8) is 0 Å². The maximum Gasteiger partial charge on any atom is 0.327 e. The van der Waals surface area contributed by atoms with E-state index in [0.717, 1.165) is 18.9 Å². The van der Waals surface area contributed by atoms with Crippen LogP contribution in [0.25, 0.3) is 0 Å². The molecule has 0 aliphatic rings. The van der Waals surface area contributed by atoms with Crippen LogP contribution in [0.1, 0.15) is 90.4 Å². The normalized spacial score (nSPS) is 11.7. The molecular weight excluding hydrogens is 560 g/mol. The Kier molecular flexibility index (Phi) is 41.8. The minimum atomic E-state index is -0.981. The fourth-order valence-corrected chi connectivity index (χ4v) is 3.74. The average Bonchev–Trinajstić information content (AvgIpc) is 3.00. The maximum atomic E-state index is 9.83. The fourth-order valence-electron chi connectivity index (χ4n) is 3.74. The summed E-state index contributed by atoms with van der Waals surface area (Å²) in [5, 5.41) is 26.0. The molecule has 0 aliphatic carbocycles. The Labute approximate surface area is 261 Å². The van der Waals surface area contributed by atoms with Crippen LogP contribution in [-0.4, -0.2) is 120 Å². The highest BCUT2D eigenvalue weighted by Crippen LogP contribution is 2.12. The molecule has 11 heteroatoms. The predicted molar refractivity (Wildman–Crippen MR) is 167 cm³/mol. The molecule has 3 N–H and O–H groups in total. The number of carboxylic acids is 1. The zero-order chi connectivity index (χ0) is 31.9. The molecule has 0 saturated heterocycles. The van der Waals surface area contributed by atoms with Gasteiger partial charge < -0.3 is 48.5 Å². The van der Waals surface area contributed by atoms with Crippen LogP contribution in [0.5, 0.6) is 0 Å². The first-order valence-electron chi connectivity index (χ1n) is 16.3. The third-order valence-corrected chi connectivity index (χ3v) is 6.09. The number of hydrogen-bond donors (Lipinski definition) is 3. The molecule has 0 radical (unpaired) electrons. The molecule has 43 heavy (non-hydrogen) atoms. The van der Waals surface area contributed by atoms with Crippen molar-refractivity contribution in [3.8, 4) is 0 Å². The Morgan fingerprint density at radius 3 is 1.26 bits per heavy atom. The first kappa shape index (κ1) is 44.0. The molecule has 1 unspecified atom stereocenters. The van der Waals surface area contributed by atoms with Crippen LogP contribution < -0.4 is 0 Å². The summed E-state index contributed by atoms with van der Waals surface area (Å²) in [4.78, 5) is 9.25. The summed E-state index contributed by atoms with van der Waals surface area (Å²) in [6, 6.07) is 0. The number of ether oxygens (including phenoxy) is 7. The standard InChI is InChI=1S/C29H60O9.C3H4O2/c1-2-3-4-5-6-7-8-9-10-11-12-13-14-16-38-29(31)28-37-27-26-36-25-24-35-23-22-34-21-20-33-19-18-32-17-15-30;1-2-3(4)5/h29-31H,2-28H2,1H3;2H,1H2,(H,4,5). The van der Waals surface area contributed by atoms with Gasteiger partial charge in [-0.1, -0.05) is 90.6 Å². The Bertz CT molecular complexity index is 537. The Morgan fingerprint density at radius 1 is 0.581 bits per heavy atom. The molecule has 1 atom stereocenters. The topological polar surface area (TPSA) is 142 Å². The molecule has 0 spiro atoms. The van der Waals surface area contributed by atoms with Gasteiger partial charge in [0.1, 0.15) is 0 Å². The number of aliphatic hydroxyl groups is 2. The molecule has 0 saturated carbocycles. The van der Waals surface area contributed by atoms with E-state index in [1.54, 1.807) is 0 Å². The van der Waals surface area contributed by atoms with Gasteiger partial charge in [-0.05, 0) is 6.42 Å². The van der Waals surface area contributed by atoms with Crippen LogP contribution in [-0.2, 0) is 38.0 Å². The van der Waals surface area contributed by atoms with Crippen molar-refractivity contribution in [3.05, 3.63) is 12.7 Å². The molecule has 0 heterocycles. The van der Waals surface area contributed by atoms with Gasteiger partial charge in [-0.2, -0.15) is 0 Å². The van der Waals surface area contributed by atoms with Gasteiger partial charge in [0, 0.05) is 12.7 Å². The fraction of sp³-hybridized carbons (Fsp3) is 0.906. The van der Waals surface area contributed by atoms with Crippen LogP contribution in [0.4, 0.5) is 0 Å². The van der Waals surface area contributed by atoms with E-state index in [4.69, 9.17) is 43.4 Å². The quantitative estimate of drug-likeness (QED) is 0.0510. The molecular formula is C32H64O11. The summed E-state index contributed by atoms with van der Waals surface area (Å²) in [6.45, 7) is 11.2. The molecule has 258 valence electrons. The zero-order valence-electron chi connectivity index (χ0n) is 27.1. The summed E-state index contributed by atoms with van der Waals surface area (Å²) in [7, 11) is 0. The molecule has 0 rings (SSSR count). The van der Waals surface area contributed by atoms with Crippen molar-refractivity contribution in [2.75, 3.05) is 92.5 Å². The third kappa shape index (κ3) is 45.4. The maximum absolute atomic E-state index is 9.83. The lowest BCUT2D eigenvalue weighted by atomic mass is 10.0. The first-order valence-corrected chi connectivity index (χ1v) is 16.3. The Balaban J connectivity index is 0. The van der Waals surface area contributed by atoms with Gasteiger partial charge in [0.25, 0.3) is 0 Å². The highest BCUT2D eigenvalue weighted by Gasteiger charge is 2.04. The second kappa shape index (κ2) is 40.9. The van der Waals surface area contributed by atoms with Crippen LogP contribution in [0, 0.1) is 0 Å². The number of hydrogen-bond acceptors (Lipinski definition) is 10. The van der Waals surface area contributed by atoms with E-state index in [0.29, 0.717) is 79.3 Å². The zero-order valence-corrected chi connectivity index (χ0v) is 27.1. The SMILES string of the molecule is C=CC(=O)O.CCCCCCCCCCCCCCCOC(O)COCCOCCOCCOCCOCCOCCO. The van der Waals surface area contributed by atoms with Crippen molar-refractivity contribution >= 4 is 5.97 Å². The summed E-state index contributed by atoms with van der Waals surface area (Å²) >= 11 is 0. The predicted octanol–water partition coefficient (Wildman–Crippen LogP) is 4.76. The smallest absolute Gasteiger partial charge is 0.327 e. The number of carbonyl (C=O) groups is 1. The van der Waals surface area contributed by atoms with E-state index in [2.05, 4.69) is 13.5 Å². The van der Waals surface area contributed by atoms with Crippen molar-refractivity contribution in [1.29, 1.82) is 0 Å². The minimum absolute atomic E-state index is 0.0289. The molecule has 0 aromatic carbocycles. The largest absolute Gasteiger partial charge is 0.478 e. The van der Waals surface area contributed by atoms with Crippen molar-refractivity contribution < 1.29 is 53.3 Å². The van der Waals surface area contributed by atoms with Crippen LogP contribution in [0.3, 0.4) is 0 Å². The Hall–Kier alpha value is -1.15. The number of aliphatic hydroxyl groups excluding tert-OH is 2. The van der Waals surface area contributed by atoms with Crippen LogP contribution >= 0.6 is 0 Å². The van der Waals surface area contributed by atoms with Crippen molar-refractivity contribution in [2.45, 2.75) is 96.7 Å². The third-order valence-electron chi connectivity index (χ3n) is 6.09. The summed E-state index contributed by atoms with van der Waals surface area (Å²) in [6.07, 6.45) is 17.1. The Morgan fingerprint density at radius 2 is 0.907 bits per heavy atom. The first-order chi connectivity index (χ1) is 21.1. The molecule has 0 fully saturated rings. The molecule has 0 bridgehead atoms. The molecule has 0 aromatic rings. The van der Waals surface area contributed by atoms with E-state index < -0.39 is 12.3 Å². The van der Waals surface area contributed by atoms with E-state index in [1.165, 1.54) is 70.6 Å². The summed E-state index contributed by atoms with van der Waals surface area (Å²) in [5.41, 5.74) is 0. The van der Waals surface area contributed by atoms with Gasteiger partial charge in [-0.25, -0.2) is 4.79 Å². The second-order valence-corrected chi connectivity index (χ2v) is 9.97. The van der Waals surface area contributed by atoms with Crippen LogP contribution in [0.15, 0.2) is 12.7 Å². The lowest BCUT2D eigenvalue weighted by Crippen LogP contribution is -2.21. The van der Waals surface area contributed by atoms with E-state index in [9.17, 15) is 9.90 Å². The average molecular weight is 625 g/mol. The molecule has 0 amide bonds. The molecule has 0 aromatic heterocycles. The van der Waals surface area contributed by atoms with Gasteiger partial charge in [0.15, 0.2) is 6.29 Å². The van der Waals surface area contributed by atoms with Crippen molar-refractivity contribution in [1.82, 2.24) is 0 Å². The molecule has 0 aliphatic heterocycles. The van der Waals surface area contributed by atoms with Gasteiger partial charge in [0.2, 0.25) is 0 Å². The highest BCUT2D eigenvalue weighted by molar-refractivity contribution is 5.78. The van der Waals surface area contributed by atoms with Crippen molar-refractivity contribution in [2.24, 2.45) is 0 Å². The van der Waals surface area contributed by atoms with Crippen LogP contribution in [0.2, 0.25) is 0 Å². The van der Waals surface area contributed by atoms with Gasteiger partial charge in [-0.15, -0.1) is 0 Å². The van der Waals surface area contributed by atoms with Gasteiger partial charge in [0.05, 0.1) is 85.9 Å². The van der Waals surface area contributed by atoms with Gasteiger partial charge in [-0.3, -0.25) is 0 Å². The number of aliphatic carboxylic acids is 1.